The van der Waals surface area contributed by atoms with E-state index in [-0.39, 0.29) is 19.1 Å². The van der Waals surface area contributed by atoms with Crippen molar-refractivity contribution < 1.29 is 18.7 Å². The van der Waals surface area contributed by atoms with E-state index in [2.05, 4.69) is 35.7 Å². The van der Waals surface area contributed by atoms with Gasteiger partial charge in [0.25, 0.3) is 0 Å². The van der Waals surface area contributed by atoms with Gasteiger partial charge in [-0.15, -0.1) is 0 Å². The molecule has 0 saturated carbocycles. The number of nitrogens with zero attached hydrogens (tertiary/aromatic N) is 4. The van der Waals surface area contributed by atoms with E-state index in [0.717, 1.165) is 17.9 Å². The minimum atomic E-state index is -3.79. The molecule has 43 heavy (non-hydrogen) atoms. The van der Waals surface area contributed by atoms with Gasteiger partial charge in [0.15, 0.2) is 11.5 Å². The average Bonchev–Trinajstić information content (AvgIpc) is 3.41. The van der Waals surface area contributed by atoms with Gasteiger partial charge in [0.05, 0.1) is 33.7 Å². The van der Waals surface area contributed by atoms with Gasteiger partial charge in [-0.3, -0.25) is 4.57 Å². The minimum absolute atomic E-state index is 0.263. The highest BCUT2D eigenvalue weighted by molar-refractivity contribution is 7.99. The Morgan fingerprint density at radius 3 is 2.12 bits per heavy atom. The van der Waals surface area contributed by atoms with Crippen molar-refractivity contribution in [3.63, 3.8) is 0 Å². The fourth-order valence-electron chi connectivity index (χ4n) is 5.67. The van der Waals surface area contributed by atoms with Crippen LogP contribution in [0.5, 0.6) is 0 Å². The van der Waals surface area contributed by atoms with Gasteiger partial charge in [0, 0.05) is 0 Å². The number of imidazole rings is 1. The third kappa shape index (κ3) is 15.2. The van der Waals surface area contributed by atoms with Crippen molar-refractivity contribution in [3.8, 4) is 0 Å². The molecule has 0 amide bonds. The zero-order valence-corrected chi connectivity index (χ0v) is 30.2. The highest BCUT2D eigenvalue weighted by Gasteiger charge is 2.25. The monoisotopic (exact) mass is 657 g/mol. The molecule has 248 valence electrons. The van der Waals surface area contributed by atoms with Crippen LogP contribution in [0, 0.1) is 0 Å². The van der Waals surface area contributed by atoms with E-state index in [1.807, 2.05) is 18.7 Å². The molecule has 1 unspecified atom stereocenters. The van der Waals surface area contributed by atoms with Gasteiger partial charge < -0.3 is 24.5 Å². The van der Waals surface area contributed by atoms with Crippen molar-refractivity contribution in [2.24, 2.45) is 0 Å². The molecule has 0 aromatic carbocycles. The molecule has 2 aromatic heterocycles. The smallest absolute Gasteiger partial charge is 0.353 e. The third-order valence-electron chi connectivity index (χ3n) is 8.88. The molecule has 0 aliphatic rings. The maximum Gasteiger partial charge on any atom is 0.353 e. The van der Waals surface area contributed by atoms with E-state index in [0.29, 0.717) is 23.5 Å². The van der Waals surface area contributed by atoms with Crippen LogP contribution in [0.25, 0.3) is 11.2 Å². The van der Waals surface area contributed by atoms with Crippen LogP contribution in [-0.2, 0) is 20.4 Å². The Hall–Kier alpha value is -0.973. The van der Waals surface area contributed by atoms with Crippen LogP contribution in [0.2, 0.25) is 24.2 Å². The molecular formula is C31H60N5O4PSSi. The lowest BCUT2D eigenvalue weighted by Crippen LogP contribution is -2.30. The van der Waals surface area contributed by atoms with Crippen molar-refractivity contribution in [3.05, 3.63) is 12.7 Å². The minimum Gasteiger partial charge on any atom is -0.382 e. The van der Waals surface area contributed by atoms with Crippen molar-refractivity contribution in [2.75, 3.05) is 30.2 Å². The second-order valence-electron chi connectivity index (χ2n) is 12.1. The molecule has 0 saturated heterocycles. The lowest BCUT2D eigenvalue weighted by molar-refractivity contribution is 0.0718. The summed E-state index contributed by atoms with van der Waals surface area (Å²) in [5.74, 6) is 2.41. The van der Waals surface area contributed by atoms with Gasteiger partial charge in [-0.2, -0.15) is 11.8 Å². The van der Waals surface area contributed by atoms with Crippen LogP contribution in [0.3, 0.4) is 0 Å². The molecule has 3 N–H and O–H groups in total. The Morgan fingerprint density at radius 2 is 1.49 bits per heavy atom. The summed E-state index contributed by atoms with van der Waals surface area (Å²) in [5, 5.41) is 0. The molecule has 2 atom stereocenters. The van der Waals surface area contributed by atoms with Gasteiger partial charge in [0.1, 0.15) is 18.2 Å². The average molecular weight is 658 g/mol. The summed E-state index contributed by atoms with van der Waals surface area (Å²) in [5.41, 5.74) is 6.96. The van der Waals surface area contributed by atoms with Crippen molar-refractivity contribution in [1.29, 1.82) is 0 Å². The molecule has 2 aromatic rings. The van der Waals surface area contributed by atoms with Gasteiger partial charge in [-0.25, -0.2) is 15.0 Å². The highest BCUT2D eigenvalue weighted by Crippen LogP contribution is 2.42. The number of ether oxygens (including phenoxy) is 1. The summed E-state index contributed by atoms with van der Waals surface area (Å²) < 4.78 is 25.0. The number of thioether (sulfide) groups is 1. The number of fused-ring (bicyclic) bond motifs is 1. The van der Waals surface area contributed by atoms with Gasteiger partial charge >= 0.3 is 7.60 Å². The van der Waals surface area contributed by atoms with Crippen molar-refractivity contribution in [2.45, 2.75) is 142 Å². The van der Waals surface area contributed by atoms with Crippen LogP contribution >= 0.6 is 19.4 Å². The fourth-order valence-corrected chi connectivity index (χ4v) is 11.1. The topological polar surface area (TPSA) is 125 Å². The number of aromatic nitrogens is 4. The molecular weight excluding hydrogens is 597 g/mol. The Morgan fingerprint density at radius 1 is 0.907 bits per heavy atom. The molecule has 0 spiro atoms. The molecule has 0 aliphatic heterocycles. The molecule has 12 heteroatoms. The van der Waals surface area contributed by atoms with Gasteiger partial charge in [0.2, 0.25) is 0 Å². The Kier molecular flexibility index (Phi) is 19.3. The van der Waals surface area contributed by atoms with E-state index in [1.54, 1.807) is 16.9 Å². The lowest BCUT2D eigenvalue weighted by Gasteiger charge is -2.28. The number of anilines is 1. The van der Waals surface area contributed by atoms with E-state index in [9.17, 15) is 9.46 Å². The van der Waals surface area contributed by atoms with E-state index in [1.165, 1.54) is 95.1 Å². The van der Waals surface area contributed by atoms with Crippen LogP contribution in [0.15, 0.2) is 12.7 Å². The zero-order valence-electron chi connectivity index (χ0n) is 27.5. The first-order valence-electron chi connectivity index (χ1n) is 16.8. The predicted octanol–water partition coefficient (Wildman–Crippen LogP) is 8.90. The number of hydrogen-bond acceptors (Lipinski definition) is 8. The van der Waals surface area contributed by atoms with Crippen LogP contribution in [-0.4, -0.2) is 63.1 Å². The maximum atomic E-state index is 12.3. The lowest BCUT2D eigenvalue weighted by atomic mass is 10.1. The summed E-state index contributed by atoms with van der Waals surface area (Å²) in [6.45, 7) is 9.79. The maximum absolute atomic E-state index is 12.3. The number of hydrogen-bond donors (Lipinski definition) is 2. The quantitative estimate of drug-likeness (QED) is 0.0550. The standard InChI is InChI=1S/C31H60N5O4PSSi/c1-5-43(6-2,7-3)23-18-16-14-12-10-8-9-11-13-15-17-21-42-22-19-20-40-41(37,38)27-39-28(4)24-36-26-35-29-30(32)33-25-34-31(29)36/h25-26,28H,5-24,27H2,1-4H3,(H,37,38)(H2,32,33,34)/t28-/m1/s1. The Labute approximate surface area is 266 Å². The molecule has 9 nitrogen and oxygen atoms in total. The largest absolute Gasteiger partial charge is 0.382 e. The second-order valence-corrected chi connectivity index (χ2v) is 20.7. The summed E-state index contributed by atoms with van der Waals surface area (Å²) in [7, 11) is -4.68. The molecule has 2 rings (SSSR count). The first kappa shape index (κ1) is 38.2. The normalized spacial score (nSPS) is 14.3. The SMILES string of the molecule is CC[Si](CC)(CC)CCCCCCCCCCCCCSCCCOP(=O)(O)CO[C@H](C)Cn1cnc2c(N)ncnc21. The first-order valence-corrected chi connectivity index (χ1v) is 22.6. The van der Waals surface area contributed by atoms with Crippen molar-refractivity contribution in [1.82, 2.24) is 19.5 Å². The van der Waals surface area contributed by atoms with E-state index >= 15 is 0 Å². The number of nitrogen functional groups attached to an aromatic ring is 1. The molecule has 2 heterocycles. The molecule has 0 bridgehead atoms. The van der Waals surface area contributed by atoms with E-state index < -0.39 is 15.7 Å². The molecule has 0 aliphatic carbocycles. The summed E-state index contributed by atoms with van der Waals surface area (Å²) >= 11 is 1.90. The van der Waals surface area contributed by atoms with Gasteiger partial charge in [-0.1, -0.05) is 109 Å². The molecule has 0 fully saturated rings. The molecule has 0 radical (unpaired) electrons. The fraction of sp³-hybridized carbons (Fsp3) is 0.839. The number of rotatable bonds is 27. The highest BCUT2D eigenvalue weighted by atomic mass is 32.2. The Balaban J connectivity index is 1.37. The van der Waals surface area contributed by atoms with Crippen molar-refractivity contribution >= 4 is 44.4 Å². The summed E-state index contributed by atoms with van der Waals surface area (Å²) in [4.78, 5) is 22.5. The second kappa shape index (κ2) is 21.7. The Bertz CT molecular complexity index is 1050. The predicted molar refractivity (Wildman–Crippen MR) is 186 cm³/mol. The van der Waals surface area contributed by atoms with Crippen LogP contribution in [0.1, 0.15) is 105 Å². The number of unbranched alkanes of at least 4 members (excludes halogenated alkanes) is 10. The van der Waals surface area contributed by atoms with Gasteiger partial charge in [-0.05, 0) is 31.3 Å². The summed E-state index contributed by atoms with van der Waals surface area (Å²) in [6.07, 6.45) is 18.3. The number of nitrogens with two attached hydrogens (primary N) is 1. The first-order chi connectivity index (χ1) is 20.8. The van der Waals surface area contributed by atoms with E-state index in [4.69, 9.17) is 15.0 Å². The van der Waals surface area contributed by atoms with Crippen LogP contribution < -0.4 is 5.73 Å². The zero-order chi connectivity index (χ0) is 31.4. The third-order valence-corrected chi connectivity index (χ3v) is 17.0. The summed E-state index contributed by atoms with van der Waals surface area (Å²) in [6, 6.07) is 5.98. The van der Waals surface area contributed by atoms with Crippen LogP contribution in [0.4, 0.5) is 5.82 Å².